The molecule has 0 heterocycles. The van der Waals surface area contributed by atoms with Gasteiger partial charge >= 0.3 is 0 Å². The molecular formula is C22H25F3O2. The molecule has 2 aromatic rings. The second kappa shape index (κ2) is 8.79. The molecule has 5 heteroatoms. The number of halogens is 3. The summed E-state index contributed by atoms with van der Waals surface area (Å²) in [5.41, 5.74) is 1.08. The minimum absolute atomic E-state index is 0.0155. The fourth-order valence-corrected chi connectivity index (χ4v) is 4.03. The van der Waals surface area contributed by atoms with Crippen LogP contribution in [0.5, 0.6) is 5.75 Å². The van der Waals surface area contributed by atoms with E-state index in [4.69, 9.17) is 9.84 Å². The number of hydrogen-bond donors (Lipinski definition) is 1. The maximum absolute atomic E-state index is 14.3. The molecule has 0 aliphatic heterocycles. The Morgan fingerprint density at radius 3 is 2.26 bits per heavy atom. The third-order valence-electron chi connectivity index (χ3n) is 5.73. The first-order valence-corrected chi connectivity index (χ1v) is 9.43. The summed E-state index contributed by atoms with van der Waals surface area (Å²) in [6.07, 6.45) is 4.96. The highest BCUT2D eigenvalue weighted by molar-refractivity contribution is 5.31. The average Bonchev–Trinajstić information content (AvgIpc) is 2.69. The first-order valence-electron chi connectivity index (χ1n) is 9.43. The molecule has 27 heavy (non-hydrogen) atoms. The largest absolute Gasteiger partial charge is 0.497 e. The molecular weight excluding hydrogens is 353 g/mol. The normalized spacial score (nSPS) is 19.9. The van der Waals surface area contributed by atoms with Gasteiger partial charge in [0.2, 0.25) is 0 Å². The Kier molecular flexibility index (Phi) is 6.42. The van der Waals surface area contributed by atoms with E-state index in [-0.39, 0.29) is 17.3 Å². The molecule has 0 unspecified atom stereocenters. The zero-order valence-corrected chi connectivity index (χ0v) is 15.5. The number of hydrogen-bond acceptors (Lipinski definition) is 2. The van der Waals surface area contributed by atoms with Crippen molar-refractivity contribution in [1.82, 2.24) is 0 Å². The van der Waals surface area contributed by atoms with Crippen molar-refractivity contribution >= 4 is 0 Å². The lowest BCUT2D eigenvalue weighted by Gasteiger charge is -2.29. The number of rotatable bonds is 6. The van der Waals surface area contributed by atoms with E-state index >= 15 is 0 Å². The molecule has 2 aromatic carbocycles. The summed E-state index contributed by atoms with van der Waals surface area (Å²) in [5.74, 6) is -0.873. The van der Waals surface area contributed by atoms with Crippen LogP contribution in [0.4, 0.5) is 13.2 Å². The number of aliphatic hydroxyl groups excluding tert-OH is 1. The highest BCUT2D eigenvalue weighted by atomic mass is 19.2. The summed E-state index contributed by atoms with van der Waals surface area (Å²) < 4.78 is 47.1. The van der Waals surface area contributed by atoms with Crippen molar-refractivity contribution in [2.24, 2.45) is 5.92 Å². The lowest BCUT2D eigenvalue weighted by atomic mass is 9.76. The minimum atomic E-state index is -0.950. The molecule has 0 atom stereocenters. The number of ether oxygens (including phenoxy) is 1. The van der Waals surface area contributed by atoms with Crippen LogP contribution in [-0.4, -0.2) is 12.2 Å². The average molecular weight is 378 g/mol. The summed E-state index contributed by atoms with van der Waals surface area (Å²) in [5, 5.41) is 8.99. The topological polar surface area (TPSA) is 29.5 Å². The Labute approximate surface area is 158 Å². The molecule has 0 bridgehead atoms. The smallest absolute Gasteiger partial charge is 0.164 e. The van der Waals surface area contributed by atoms with Crippen LogP contribution in [0, 0.1) is 23.4 Å². The van der Waals surface area contributed by atoms with Gasteiger partial charge in [0.1, 0.15) is 11.6 Å². The SMILES string of the molecule is COc1ccc(C2CCC(CCc3ccc(CO)c(F)c3F)CC2)c(F)c1. The van der Waals surface area contributed by atoms with E-state index in [2.05, 4.69) is 0 Å². The van der Waals surface area contributed by atoms with Gasteiger partial charge in [-0.2, -0.15) is 0 Å². The van der Waals surface area contributed by atoms with Gasteiger partial charge in [0.05, 0.1) is 13.7 Å². The molecule has 146 valence electrons. The molecule has 1 aliphatic rings. The first-order chi connectivity index (χ1) is 13.0. The number of methoxy groups -OCH3 is 1. The Morgan fingerprint density at radius 1 is 0.963 bits per heavy atom. The highest BCUT2D eigenvalue weighted by Crippen LogP contribution is 2.39. The van der Waals surface area contributed by atoms with Crippen LogP contribution in [0.2, 0.25) is 0 Å². The zero-order valence-electron chi connectivity index (χ0n) is 15.5. The van der Waals surface area contributed by atoms with E-state index in [0.29, 0.717) is 23.7 Å². The summed E-state index contributed by atoms with van der Waals surface area (Å²) >= 11 is 0. The van der Waals surface area contributed by atoms with Gasteiger partial charge in [0.25, 0.3) is 0 Å². The van der Waals surface area contributed by atoms with E-state index < -0.39 is 18.2 Å². The van der Waals surface area contributed by atoms with Crippen molar-refractivity contribution in [3.05, 3.63) is 64.5 Å². The quantitative estimate of drug-likeness (QED) is 0.718. The summed E-state index contributed by atoms with van der Waals surface area (Å²) in [6.45, 7) is -0.505. The van der Waals surface area contributed by atoms with Crippen molar-refractivity contribution in [3.8, 4) is 5.75 Å². The monoisotopic (exact) mass is 378 g/mol. The molecule has 0 aromatic heterocycles. The molecule has 2 nitrogen and oxygen atoms in total. The van der Waals surface area contributed by atoms with Crippen molar-refractivity contribution in [2.75, 3.05) is 7.11 Å². The molecule has 1 fully saturated rings. The minimum Gasteiger partial charge on any atom is -0.497 e. The molecule has 0 saturated heterocycles. The highest BCUT2D eigenvalue weighted by Gasteiger charge is 2.25. The van der Waals surface area contributed by atoms with E-state index in [1.54, 1.807) is 18.2 Å². The van der Waals surface area contributed by atoms with Gasteiger partial charge in [-0.3, -0.25) is 0 Å². The number of benzene rings is 2. The van der Waals surface area contributed by atoms with Crippen LogP contribution < -0.4 is 4.74 Å². The Morgan fingerprint density at radius 2 is 1.63 bits per heavy atom. The lowest BCUT2D eigenvalue weighted by Crippen LogP contribution is -2.15. The summed E-state index contributed by atoms with van der Waals surface area (Å²) in [6, 6.07) is 8.02. The van der Waals surface area contributed by atoms with Crippen LogP contribution in [0.25, 0.3) is 0 Å². The number of aliphatic hydroxyl groups is 1. The van der Waals surface area contributed by atoms with Gasteiger partial charge in [-0.15, -0.1) is 0 Å². The molecule has 0 spiro atoms. The van der Waals surface area contributed by atoms with Crippen molar-refractivity contribution in [2.45, 2.75) is 51.0 Å². The zero-order chi connectivity index (χ0) is 19.4. The van der Waals surface area contributed by atoms with Crippen LogP contribution in [0.15, 0.2) is 30.3 Å². The molecule has 3 rings (SSSR count). The first kappa shape index (κ1) is 19.7. The summed E-state index contributed by atoms with van der Waals surface area (Å²) in [4.78, 5) is 0. The molecule has 1 aliphatic carbocycles. The third kappa shape index (κ3) is 4.46. The molecule has 1 saturated carbocycles. The van der Waals surface area contributed by atoms with Crippen LogP contribution >= 0.6 is 0 Å². The number of aryl methyl sites for hydroxylation is 1. The summed E-state index contributed by atoms with van der Waals surface area (Å²) in [7, 11) is 1.52. The molecule has 0 radical (unpaired) electrons. The van der Waals surface area contributed by atoms with E-state index in [0.717, 1.165) is 37.7 Å². The van der Waals surface area contributed by atoms with Gasteiger partial charge in [-0.25, -0.2) is 13.2 Å². The standard InChI is InChI=1S/C22H25F3O2/c1-27-18-10-11-19(20(23)12-18)15-5-2-14(3-6-15)4-7-16-8-9-17(13-26)22(25)21(16)24/h8-12,14-15,26H,2-7,13H2,1H3. The van der Waals surface area contributed by atoms with Crippen LogP contribution in [0.3, 0.4) is 0 Å². The third-order valence-corrected chi connectivity index (χ3v) is 5.73. The van der Waals surface area contributed by atoms with Gasteiger partial charge in [-0.1, -0.05) is 18.2 Å². The predicted octanol–water partition coefficient (Wildman–Crippen LogP) is 5.51. The fraction of sp³-hybridized carbons (Fsp3) is 0.455. The van der Waals surface area contributed by atoms with Crippen LogP contribution in [-0.2, 0) is 13.0 Å². The van der Waals surface area contributed by atoms with Gasteiger partial charge in [0.15, 0.2) is 11.6 Å². The maximum atomic E-state index is 14.3. The van der Waals surface area contributed by atoms with Crippen molar-refractivity contribution in [1.29, 1.82) is 0 Å². The second-order valence-electron chi connectivity index (χ2n) is 7.31. The van der Waals surface area contributed by atoms with E-state index in [1.165, 1.54) is 19.2 Å². The van der Waals surface area contributed by atoms with Gasteiger partial charge < -0.3 is 9.84 Å². The Bertz CT molecular complexity index is 783. The Balaban J connectivity index is 1.55. The molecule has 1 N–H and O–H groups in total. The van der Waals surface area contributed by atoms with E-state index in [1.807, 2.05) is 0 Å². The predicted molar refractivity (Wildman–Crippen MR) is 98.3 cm³/mol. The van der Waals surface area contributed by atoms with E-state index in [9.17, 15) is 13.2 Å². The van der Waals surface area contributed by atoms with Gasteiger partial charge in [0, 0.05) is 11.6 Å². The second-order valence-corrected chi connectivity index (χ2v) is 7.31. The van der Waals surface area contributed by atoms with Crippen LogP contribution in [0.1, 0.15) is 54.7 Å². The lowest BCUT2D eigenvalue weighted by molar-refractivity contribution is 0.273. The maximum Gasteiger partial charge on any atom is 0.164 e. The van der Waals surface area contributed by atoms with Crippen molar-refractivity contribution < 1.29 is 23.0 Å². The molecule has 0 amide bonds. The van der Waals surface area contributed by atoms with Gasteiger partial charge in [-0.05, 0) is 67.6 Å². The van der Waals surface area contributed by atoms with Crippen molar-refractivity contribution in [3.63, 3.8) is 0 Å². The Hall–Kier alpha value is -2.01. The fourth-order valence-electron chi connectivity index (χ4n) is 4.03.